The van der Waals surface area contributed by atoms with Crippen LogP contribution in [0.4, 0.5) is 0 Å². The van der Waals surface area contributed by atoms with Gasteiger partial charge in [0.2, 0.25) is 0 Å². The van der Waals surface area contributed by atoms with E-state index < -0.39 is 5.60 Å². The first-order valence-corrected chi connectivity index (χ1v) is 7.57. The largest absolute Gasteiger partial charge is 0.396 e. The zero-order chi connectivity index (χ0) is 13.6. The lowest BCUT2D eigenvalue weighted by molar-refractivity contribution is -0.171. The van der Waals surface area contributed by atoms with Gasteiger partial charge in [-0.25, -0.2) is 0 Å². The lowest BCUT2D eigenvalue weighted by Crippen LogP contribution is -2.57. The molecule has 0 saturated heterocycles. The highest BCUT2D eigenvalue weighted by Crippen LogP contribution is 2.62. The van der Waals surface area contributed by atoms with E-state index in [0.29, 0.717) is 11.3 Å². The zero-order valence-electron chi connectivity index (χ0n) is 12.5. The van der Waals surface area contributed by atoms with E-state index in [4.69, 9.17) is 0 Å². The molecule has 0 heterocycles. The summed E-state index contributed by atoms with van der Waals surface area (Å²) in [6.45, 7) is 9.34. The molecule has 0 aliphatic heterocycles. The molecule has 2 heteroatoms. The van der Waals surface area contributed by atoms with Crippen molar-refractivity contribution in [2.24, 2.45) is 22.7 Å². The molecule has 2 aliphatic rings. The molecule has 2 aliphatic carbocycles. The Kier molecular flexibility index (Phi) is 3.57. The number of hydrogen-bond acceptors (Lipinski definition) is 2. The molecule has 18 heavy (non-hydrogen) atoms. The van der Waals surface area contributed by atoms with Crippen LogP contribution in [0, 0.1) is 22.7 Å². The van der Waals surface area contributed by atoms with Gasteiger partial charge >= 0.3 is 0 Å². The van der Waals surface area contributed by atoms with Gasteiger partial charge in [0.1, 0.15) is 0 Å². The van der Waals surface area contributed by atoms with Crippen molar-refractivity contribution in [3.63, 3.8) is 0 Å². The molecule has 0 aromatic rings. The summed E-state index contributed by atoms with van der Waals surface area (Å²) in [6.07, 6.45) is 6.55. The molecule has 0 spiro atoms. The van der Waals surface area contributed by atoms with E-state index in [0.717, 1.165) is 19.3 Å². The predicted octanol–water partition coefficient (Wildman–Crippen LogP) is 3.36. The average Bonchev–Trinajstić information content (AvgIpc) is 2.22. The highest BCUT2D eigenvalue weighted by atomic mass is 16.3. The molecule has 0 bridgehead atoms. The van der Waals surface area contributed by atoms with Crippen LogP contribution in [0.2, 0.25) is 0 Å². The minimum Gasteiger partial charge on any atom is -0.396 e. The Morgan fingerprint density at radius 2 is 1.72 bits per heavy atom. The highest BCUT2D eigenvalue weighted by molar-refractivity contribution is 5.07. The molecule has 2 nitrogen and oxygen atoms in total. The SMILES string of the molecule is CC1(C)CCC[C@]2(C)C(CCO)[C@](C)(O)CC[C@@H]12. The van der Waals surface area contributed by atoms with E-state index in [1.165, 1.54) is 19.3 Å². The zero-order valence-corrected chi connectivity index (χ0v) is 12.5. The molecule has 2 rings (SSSR count). The maximum absolute atomic E-state index is 10.7. The van der Waals surface area contributed by atoms with Gasteiger partial charge in [0.15, 0.2) is 0 Å². The smallest absolute Gasteiger partial charge is 0.0654 e. The van der Waals surface area contributed by atoms with Gasteiger partial charge in [-0.05, 0) is 61.7 Å². The topological polar surface area (TPSA) is 40.5 Å². The van der Waals surface area contributed by atoms with Crippen molar-refractivity contribution >= 4 is 0 Å². The van der Waals surface area contributed by atoms with E-state index in [9.17, 15) is 10.2 Å². The second-order valence-corrected chi connectivity index (χ2v) is 7.86. The van der Waals surface area contributed by atoms with E-state index in [2.05, 4.69) is 20.8 Å². The summed E-state index contributed by atoms with van der Waals surface area (Å²) in [4.78, 5) is 0. The normalized spacial score (nSPS) is 47.7. The van der Waals surface area contributed by atoms with Crippen LogP contribution in [0.15, 0.2) is 0 Å². The molecule has 2 fully saturated rings. The summed E-state index contributed by atoms with van der Waals surface area (Å²) in [5, 5.41) is 20.1. The van der Waals surface area contributed by atoms with Crippen LogP contribution in [0.5, 0.6) is 0 Å². The highest BCUT2D eigenvalue weighted by Gasteiger charge is 2.57. The Hall–Kier alpha value is -0.0800. The molecule has 4 atom stereocenters. The molecule has 2 saturated carbocycles. The van der Waals surface area contributed by atoms with E-state index >= 15 is 0 Å². The predicted molar refractivity (Wildman–Crippen MR) is 74.3 cm³/mol. The molecular weight excluding hydrogens is 224 g/mol. The third-order valence-corrected chi connectivity index (χ3v) is 6.18. The Morgan fingerprint density at radius 1 is 1.06 bits per heavy atom. The fraction of sp³-hybridized carbons (Fsp3) is 1.00. The van der Waals surface area contributed by atoms with E-state index in [-0.39, 0.29) is 17.9 Å². The number of aliphatic hydroxyl groups is 2. The van der Waals surface area contributed by atoms with Gasteiger partial charge in [0.25, 0.3) is 0 Å². The minimum atomic E-state index is -0.596. The number of aliphatic hydroxyl groups excluding tert-OH is 1. The van der Waals surface area contributed by atoms with E-state index in [1.54, 1.807) is 0 Å². The van der Waals surface area contributed by atoms with Crippen molar-refractivity contribution in [1.82, 2.24) is 0 Å². The van der Waals surface area contributed by atoms with Crippen molar-refractivity contribution in [2.75, 3.05) is 6.61 Å². The van der Waals surface area contributed by atoms with Crippen LogP contribution in [0.25, 0.3) is 0 Å². The number of hydrogen-bond donors (Lipinski definition) is 2. The lowest BCUT2D eigenvalue weighted by atomic mass is 9.45. The monoisotopic (exact) mass is 254 g/mol. The van der Waals surface area contributed by atoms with E-state index in [1.807, 2.05) is 6.92 Å². The van der Waals surface area contributed by atoms with Crippen LogP contribution in [0.3, 0.4) is 0 Å². The quantitative estimate of drug-likeness (QED) is 0.793. The maximum atomic E-state index is 10.7. The minimum absolute atomic E-state index is 0.198. The molecule has 2 N–H and O–H groups in total. The first-order valence-electron chi connectivity index (χ1n) is 7.57. The van der Waals surface area contributed by atoms with Crippen LogP contribution >= 0.6 is 0 Å². The molecule has 1 unspecified atom stereocenters. The summed E-state index contributed by atoms with van der Waals surface area (Å²) in [7, 11) is 0. The fourth-order valence-electron chi connectivity index (χ4n) is 5.39. The first-order chi connectivity index (χ1) is 8.24. The Morgan fingerprint density at radius 3 is 2.33 bits per heavy atom. The maximum Gasteiger partial charge on any atom is 0.0654 e. The molecule has 106 valence electrons. The third-order valence-electron chi connectivity index (χ3n) is 6.18. The van der Waals surface area contributed by atoms with Gasteiger partial charge in [-0.1, -0.05) is 27.2 Å². The number of rotatable bonds is 2. The van der Waals surface area contributed by atoms with Gasteiger partial charge in [0.05, 0.1) is 5.60 Å². The van der Waals surface area contributed by atoms with Crippen molar-refractivity contribution in [3.8, 4) is 0 Å². The molecule has 0 aromatic heterocycles. The van der Waals surface area contributed by atoms with Crippen molar-refractivity contribution < 1.29 is 10.2 Å². The second kappa shape index (κ2) is 4.49. The Balaban J connectivity index is 2.35. The first kappa shape index (κ1) is 14.3. The van der Waals surface area contributed by atoms with Crippen LogP contribution in [-0.4, -0.2) is 22.4 Å². The Bertz CT molecular complexity index is 308. The average molecular weight is 254 g/mol. The summed E-state index contributed by atoms with van der Waals surface area (Å²) in [5.74, 6) is 0.934. The molecule has 0 amide bonds. The van der Waals surface area contributed by atoms with Crippen molar-refractivity contribution in [3.05, 3.63) is 0 Å². The Labute approximate surface area is 112 Å². The summed E-state index contributed by atoms with van der Waals surface area (Å²) < 4.78 is 0. The van der Waals surface area contributed by atoms with Crippen molar-refractivity contribution in [2.45, 2.75) is 71.8 Å². The van der Waals surface area contributed by atoms with Gasteiger partial charge in [-0.3, -0.25) is 0 Å². The summed E-state index contributed by atoms with van der Waals surface area (Å²) in [6, 6.07) is 0. The van der Waals surface area contributed by atoms with Crippen LogP contribution < -0.4 is 0 Å². The van der Waals surface area contributed by atoms with Crippen LogP contribution in [0.1, 0.15) is 66.2 Å². The molecule has 0 radical (unpaired) electrons. The second-order valence-electron chi connectivity index (χ2n) is 7.86. The summed E-state index contributed by atoms with van der Waals surface area (Å²) in [5.41, 5.74) is -0.00909. The molecule has 0 aromatic carbocycles. The molecular formula is C16H30O2. The summed E-state index contributed by atoms with van der Waals surface area (Å²) >= 11 is 0. The fourth-order valence-corrected chi connectivity index (χ4v) is 5.39. The number of fused-ring (bicyclic) bond motifs is 1. The van der Waals surface area contributed by atoms with Gasteiger partial charge in [-0.2, -0.15) is 0 Å². The van der Waals surface area contributed by atoms with Gasteiger partial charge in [-0.15, -0.1) is 0 Å². The lowest BCUT2D eigenvalue weighted by Gasteiger charge is -2.61. The third kappa shape index (κ3) is 2.12. The van der Waals surface area contributed by atoms with Crippen LogP contribution in [-0.2, 0) is 0 Å². The van der Waals surface area contributed by atoms with Crippen molar-refractivity contribution in [1.29, 1.82) is 0 Å². The van der Waals surface area contributed by atoms with Gasteiger partial charge in [0, 0.05) is 6.61 Å². The standard InChI is InChI=1S/C16H30O2/c1-14(2)8-5-9-15(3)12(14)6-10-16(4,18)13(15)7-11-17/h12-13,17-18H,5-11H2,1-4H3/t12-,13?,15-,16+/m0/s1. The van der Waals surface area contributed by atoms with Gasteiger partial charge < -0.3 is 10.2 Å².